The lowest BCUT2D eigenvalue weighted by Gasteiger charge is -2.16. The van der Waals surface area contributed by atoms with Crippen molar-refractivity contribution in [3.8, 4) is 0 Å². The highest BCUT2D eigenvalue weighted by Gasteiger charge is 2.38. The van der Waals surface area contributed by atoms with Crippen molar-refractivity contribution < 1.29 is 31.5 Å². The number of aryl methyl sites for hydroxylation is 2. The number of halogens is 3. The van der Waals surface area contributed by atoms with Gasteiger partial charge in [0.25, 0.3) is 10.0 Å². The van der Waals surface area contributed by atoms with Crippen LogP contribution in [-0.4, -0.2) is 41.5 Å². The summed E-state index contributed by atoms with van der Waals surface area (Å²) in [6, 6.07) is -2.30. The van der Waals surface area contributed by atoms with Crippen LogP contribution < -0.4 is 4.72 Å². The monoisotopic (exact) mass is 315 g/mol. The molecule has 0 bridgehead atoms. The smallest absolute Gasteiger partial charge is 0.391 e. The van der Waals surface area contributed by atoms with Gasteiger partial charge in [-0.15, -0.1) is 0 Å². The van der Waals surface area contributed by atoms with Gasteiger partial charge in [0.15, 0.2) is 5.03 Å². The third kappa shape index (κ3) is 3.93. The normalized spacial score (nSPS) is 14.2. The van der Waals surface area contributed by atoms with E-state index in [1.165, 1.54) is 24.9 Å². The molecule has 114 valence electrons. The summed E-state index contributed by atoms with van der Waals surface area (Å²) in [6.45, 7) is 1.39. The van der Waals surface area contributed by atoms with E-state index >= 15 is 0 Å². The molecular formula is C9H12F3N3O4S. The molecule has 2 N–H and O–H groups in total. The number of hydrogen-bond donors (Lipinski definition) is 2. The number of aromatic nitrogens is 2. The minimum Gasteiger partial charge on any atom is -0.480 e. The summed E-state index contributed by atoms with van der Waals surface area (Å²) in [5, 5.41) is 11.9. The first-order valence-corrected chi connectivity index (χ1v) is 6.73. The Balaban J connectivity index is 3.08. The zero-order valence-corrected chi connectivity index (χ0v) is 11.3. The van der Waals surface area contributed by atoms with E-state index < -0.39 is 34.6 Å². The van der Waals surface area contributed by atoms with Crippen LogP contribution in [0.4, 0.5) is 13.2 Å². The Morgan fingerprint density at radius 2 is 2.10 bits per heavy atom. The van der Waals surface area contributed by atoms with Crippen LogP contribution in [0.25, 0.3) is 0 Å². The van der Waals surface area contributed by atoms with Gasteiger partial charge in [-0.2, -0.15) is 23.0 Å². The van der Waals surface area contributed by atoms with Gasteiger partial charge in [0, 0.05) is 12.6 Å². The molecule has 7 nitrogen and oxygen atoms in total. The molecule has 20 heavy (non-hydrogen) atoms. The first kappa shape index (κ1) is 16.4. The van der Waals surface area contributed by atoms with Gasteiger partial charge < -0.3 is 5.11 Å². The van der Waals surface area contributed by atoms with Gasteiger partial charge in [-0.05, 0) is 6.92 Å². The van der Waals surface area contributed by atoms with Crippen LogP contribution in [-0.2, 0) is 21.9 Å². The molecule has 0 aliphatic heterocycles. The SMILES string of the molecule is Cc1cnn(C)c1S(=O)(=O)NC(CC(F)(F)F)C(=O)O. The van der Waals surface area contributed by atoms with Crippen molar-refractivity contribution >= 4 is 16.0 Å². The summed E-state index contributed by atoms with van der Waals surface area (Å²) in [5.74, 6) is -1.91. The predicted octanol–water partition coefficient (Wildman–Crippen LogP) is 0.412. The Morgan fingerprint density at radius 3 is 2.45 bits per heavy atom. The maximum Gasteiger partial charge on any atom is 0.391 e. The van der Waals surface area contributed by atoms with Crippen molar-refractivity contribution in [2.24, 2.45) is 7.05 Å². The second-order valence-corrected chi connectivity index (χ2v) is 5.72. The molecule has 1 heterocycles. The fraction of sp³-hybridized carbons (Fsp3) is 0.556. The summed E-state index contributed by atoms with van der Waals surface area (Å²) in [5.41, 5.74) is 0.191. The quantitative estimate of drug-likeness (QED) is 0.819. The summed E-state index contributed by atoms with van der Waals surface area (Å²) < 4.78 is 63.0. The van der Waals surface area contributed by atoms with Crippen molar-refractivity contribution in [3.05, 3.63) is 11.8 Å². The van der Waals surface area contributed by atoms with Crippen LogP contribution in [0.3, 0.4) is 0 Å². The fourth-order valence-corrected chi connectivity index (χ4v) is 3.12. The molecule has 1 rings (SSSR count). The fourth-order valence-electron chi connectivity index (χ4n) is 1.58. The lowest BCUT2D eigenvalue weighted by molar-refractivity contribution is -0.157. The molecule has 0 aliphatic rings. The summed E-state index contributed by atoms with van der Waals surface area (Å²) in [4.78, 5) is 10.7. The number of rotatable bonds is 5. The highest BCUT2D eigenvalue weighted by Crippen LogP contribution is 2.23. The zero-order valence-electron chi connectivity index (χ0n) is 10.5. The lowest BCUT2D eigenvalue weighted by Crippen LogP contribution is -2.44. The number of sulfonamides is 1. The van der Waals surface area contributed by atoms with Crippen LogP contribution in [0, 0.1) is 6.92 Å². The van der Waals surface area contributed by atoms with Crippen molar-refractivity contribution in [2.75, 3.05) is 0 Å². The van der Waals surface area contributed by atoms with Crippen molar-refractivity contribution in [2.45, 2.75) is 30.6 Å². The number of hydrogen-bond acceptors (Lipinski definition) is 4. The molecule has 0 fully saturated rings. The van der Waals surface area contributed by atoms with Crippen LogP contribution in [0.15, 0.2) is 11.2 Å². The molecule has 1 unspecified atom stereocenters. The van der Waals surface area contributed by atoms with Gasteiger partial charge in [0.1, 0.15) is 6.04 Å². The third-order valence-corrected chi connectivity index (χ3v) is 4.03. The van der Waals surface area contributed by atoms with Crippen LogP contribution in [0.5, 0.6) is 0 Å². The Bertz CT molecular complexity index is 589. The van der Waals surface area contributed by atoms with Crippen LogP contribution in [0.1, 0.15) is 12.0 Å². The molecule has 1 atom stereocenters. The van der Waals surface area contributed by atoms with Gasteiger partial charge >= 0.3 is 12.1 Å². The maximum atomic E-state index is 12.2. The van der Waals surface area contributed by atoms with Gasteiger partial charge in [-0.25, -0.2) is 8.42 Å². The first-order chi connectivity index (χ1) is 8.94. The highest BCUT2D eigenvalue weighted by molar-refractivity contribution is 7.89. The van der Waals surface area contributed by atoms with Crippen molar-refractivity contribution in [1.82, 2.24) is 14.5 Å². The molecule has 0 amide bonds. The average molecular weight is 315 g/mol. The molecule has 0 aromatic carbocycles. The molecular weight excluding hydrogens is 303 g/mol. The van der Waals surface area contributed by atoms with E-state index in [1.807, 2.05) is 0 Å². The highest BCUT2D eigenvalue weighted by atomic mass is 32.2. The number of nitrogens with zero attached hydrogens (tertiary/aromatic N) is 2. The van der Waals surface area contributed by atoms with Crippen molar-refractivity contribution in [1.29, 1.82) is 0 Å². The van der Waals surface area contributed by atoms with E-state index in [0.717, 1.165) is 4.68 Å². The summed E-state index contributed by atoms with van der Waals surface area (Å²) >= 11 is 0. The third-order valence-electron chi connectivity index (χ3n) is 2.34. The zero-order chi connectivity index (χ0) is 15.7. The standard InChI is InChI=1S/C9H12F3N3O4S/c1-5-4-13-15(2)7(5)20(18,19)14-6(8(16)17)3-9(10,11)12/h4,6,14H,3H2,1-2H3,(H,16,17). The Morgan fingerprint density at radius 1 is 1.55 bits per heavy atom. The van der Waals surface area contributed by atoms with Crippen molar-refractivity contribution in [3.63, 3.8) is 0 Å². The van der Waals surface area contributed by atoms with Crippen LogP contribution >= 0.6 is 0 Å². The molecule has 0 aliphatic carbocycles. The van der Waals surface area contributed by atoms with E-state index in [-0.39, 0.29) is 10.6 Å². The average Bonchev–Trinajstić information content (AvgIpc) is 2.55. The predicted molar refractivity (Wildman–Crippen MR) is 60.4 cm³/mol. The molecule has 0 saturated carbocycles. The van der Waals surface area contributed by atoms with Gasteiger partial charge in [0.2, 0.25) is 0 Å². The topological polar surface area (TPSA) is 101 Å². The largest absolute Gasteiger partial charge is 0.480 e. The number of nitrogens with one attached hydrogen (secondary N) is 1. The molecule has 11 heteroatoms. The molecule has 0 saturated heterocycles. The molecule has 1 aromatic rings. The van der Waals surface area contributed by atoms with Gasteiger partial charge in [0.05, 0.1) is 12.6 Å². The van der Waals surface area contributed by atoms with Gasteiger partial charge in [-0.1, -0.05) is 0 Å². The Labute approximate surface area is 112 Å². The number of aliphatic carboxylic acids is 1. The Hall–Kier alpha value is -1.62. The van der Waals surface area contributed by atoms with Crippen LogP contribution in [0.2, 0.25) is 0 Å². The summed E-state index contributed by atoms with van der Waals surface area (Å²) in [7, 11) is -3.15. The number of carboxylic acid groups (broad SMARTS) is 1. The summed E-state index contributed by atoms with van der Waals surface area (Å²) in [6.07, 6.45) is -5.42. The maximum absolute atomic E-state index is 12.2. The minimum absolute atomic E-state index is 0.191. The molecule has 0 radical (unpaired) electrons. The number of carbonyl (C=O) groups is 1. The molecule has 1 aromatic heterocycles. The number of alkyl halides is 3. The second kappa shape index (κ2) is 5.40. The van der Waals surface area contributed by atoms with E-state index in [0.29, 0.717) is 0 Å². The van der Waals surface area contributed by atoms with E-state index in [9.17, 15) is 26.4 Å². The van der Waals surface area contributed by atoms with E-state index in [2.05, 4.69) is 5.10 Å². The number of carboxylic acids is 1. The minimum atomic E-state index is -4.81. The van der Waals surface area contributed by atoms with E-state index in [1.54, 1.807) is 0 Å². The molecule has 0 spiro atoms. The first-order valence-electron chi connectivity index (χ1n) is 5.24. The lowest BCUT2D eigenvalue weighted by atomic mass is 10.2. The van der Waals surface area contributed by atoms with Gasteiger partial charge in [-0.3, -0.25) is 9.48 Å². The second-order valence-electron chi connectivity index (χ2n) is 4.09. The Kier molecular flexibility index (Phi) is 4.44. The van der Waals surface area contributed by atoms with E-state index in [4.69, 9.17) is 5.11 Å².